The van der Waals surface area contributed by atoms with Crippen molar-refractivity contribution in [2.45, 2.75) is 91.4 Å². The molecular formula is C43H47N7. The van der Waals surface area contributed by atoms with Crippen molar-refractivity contribution in [3.8, 4) is 45.0 Å². The molecule has 0 spiro atoms. The van der Waals surface area contributed by atoms with E-state index in [0.717, 1.165) is 56.9 Å². The maximum atomic E-state index is 5.15. The SMILES string of the molecule is CC1=NC(C)(C)C(C)(C)N1c1ccc(-c2cc(-c3ccc(-c4ccccc4)cc3)cc(-c3ccc(N4C(C)=NC(C)(C)C4(C)C)cn3)n2)nc1. The monoisotopic (exact) mass is 661 g/mol. The maximum absolute atomic E-state index is 5.15. The van der Waals surface area contributed by atoms with Crippen LogP contribution in [0.2, 0.25) is 0 Å². The van der Waals surface area contributed by atoms with E-state index < -0.39 is 0 Å². The Hall–Kier alpha value is -5.17. The van der Waals surface area contributed by atoms with Gasteiger partial charge in [0.05, 0.1) is 68.7 Å². The highest BCUT2D eigenvalue weighted by Crippen LogP contribution is 2.42. The molecule has 3 aromatic heterocycles. The van der Waals surface area contributed by atoms with Crippen LogP contribution in [-0.4, -0.2) is 48.8 Å². The molecule has 2 aliphatic rings. The summed E-state index contributed by atoms with van der Waals surface area (Å²) >= 11 is 0. The second-order valence-corrected chi connectivity index (χ2v) is 15.6. The van der Waals surface area contributed by atoms with Gasteiger partial charge >= 0.3 is 0 Å². The van der Waals surface area contributed by atoms with E-state index in [1.807, 2.05) is 18.5 Å². The zero-order valence-electron chi connectivity index (χ0n) is 30.9. The van der Waals surface area contributed by atoms with Gasteiger partial charge in [0.1, 0.15) is 11.7 Å². The van der Waals surface area contributed by atoms with Crippen LogP contribution in [0.15, 0.2) is 113 Å². The number of nitrogens with zero attached hydrogens (tertiary/aromatic N) is 7. The van der Waals surface area contributed by atoms with Crippen molar-refractivity contribution in [3.63, 3.8) is 0 Å². The number of aliphatic imine (C=N–C) groups is 2. The Labute approximate surface area is 296 Å². The number of benzene rings is 2. The number of amidine groups is 2. The second-order valence-electron chi connectivity index (χ2n) is 15.6. The van der Waals surface area contributed by atoms with Gasteiger partial charge in [-0.05, 0) is 128 Å². The molecule has 0 radical (unpaired) electrons. The zero-order chi connectivity index (χ0) is 35.6. The van der Waals surface area contributed by atoms with Gasteiger partial charge in [-0.1, -0.05) is 54.6 Å². The van der Waals surface area contributed by atoms with Crippen LogP contribution in [0.4, 0.5) is 11.4 Å². The first kappa shape index (κ1) is 33.3. The van der Waals surface area contributed by atoms with Crippen molar-refractivity contribution in [1.29, 1.82) is 0 Å². The standard InChI is InChI=1S/C43H47N7/c1-28-47-40(3,4)42(7,8)49(28)34-20-22-36(44-26-34)38-24-33(32-18-16-31(17-19-32)30-14-12-11-13-15-30)25-39(46-38)37-23-21-35(27-45-37)50-29(2)48-41(5,6)43(50,9)10/h11-27H,1-10H3. The Morgan fingerprint density at radius 1 is 0.440 bits per heavy atom. The van der Waals surface area contributed by atoms with Crippen LogP contribution in [0.25, 0.3) is 45.0 Å². The first-order chi connectivity index (χ1) is 23.6. The number of hydrogen-bond acceptors (Lipinski definition) is 7. The largest absolute Gasteiger partial charge is 0.321 e. The highest BCUT2D eigenvalue weighted by molar-refractivity contribution is 6.01. The van der Waals surface area contributed by atoms with Crippen LogP contribution in [0.5, 0.6) is 0 Å². The smallest absolute Gasteiger partial charge is 0.102 e. The van der Waals surface area contributed by atoms with Crippen molar-refractivity contribution < 1.29 is 0 Å². The van der Waals surface area contributed by atoms with E-state index in [1.54, 1.807) is 0 Å². The van der Waals surface area contributed by atoms with E-state index in [2.05, 4.69) is 164 Å². The topological polar surface area (TPSA) is 69.9 Å². The van der Waals surface area contributed by atoms with E-state index in [0.29, 0.717) is 0 Å². The summed E-state index contributed by atoms with van der Waals surface area (Å²) in [6.07, 6.45) is 3.88. The summed E-state index contributed by atoms with van der Waals surface area (Å²) in [4.78, 5) is 29.6. The molecule has 2 aromatic carbocycles. The number of aromatic nitrogens is 3. The normalized spacial score (nSPS) is 18.6. The average Bonchev–Trinajstić information content (AvgIpc) is 3.36. The fraction of sp³-hybridized carbons (Fsp3) is 0.326. The number of hydrogen-bond donors (Lipinski definition) is 0. The van der Waals surface area contributed by atoms with E-state index >= 15 is 0 Å². The predicted octanol–water partition coefficient (Wildman–Crippen LogP) is 10.1. The fourth-order valence-corrected chi connectivity index (χ4v) is 7.34. The van der Waals surface area contributed by atoms with E-state index in [9.17, 15) is 0 Å². The van der Waals surface area contributed by atoms with Crippen LogP contribution in [-0.2, 0) is 0 Å². The van der Waals surface area contributed by atoms with Gasteiger partial charge in [0, 0.05) is 0 Å². The molecule has 254 valence electrons. The van der Waals surface area contributed by atoms with Crippen LogP contribution >= 0.6 is 0 Å². The minimum Gasteiger partial charge on any atom is -0.321 e. The molecule has 0 saturated heterocycles. The summed E-state index contributed by atoms with van der Waals surface area (Å²) in [7, 11) is 0. The molecule has 0 bridgehead atoms. The Morgan fingerprint density at radius 2 is 0.840 bits per heavy atom. The van der Waals surface area contributed by atoms with Crippen LogP contribution in [0.1, 0.15) is 69.2 Å². The molecule has 7 heteroatoms. The second kappa shape index (κ2) is 11.7. The Balaban J connectivity index is 1.28. The highest BCUT2D eigenvalue weighted by Gasteiger charge is 2.49. The molecule has 7 nitrogen and oxygen atoms in total. The van der Waals surface area contributed by atoms with Gasteiger partial charge in [-0.15, -0.1) is 0 Å². The highest BCUT2D eigenvalue weighted by atomic mass is 15.3. The third-order valence-electron chi connectivity index (χ3n) is 11.3. The zero-order valence-corrected chi connectivity index (χ0v) is 30.9. The van der Waals surface area contributed by atoms with E-state index in [1.165, 1.54) is 11.1 Å². The summed E-state index contributed by atoms with van der Waals surface area (Å²) in [5.41, 5.74) is 8.91. The minimum atomic E-state index is -0.217. The molecule has 0 aliphatic carbocycles. The Morgan fingerprint density at radius 3 is 1.20 bits per heavy atom. The quantitative estimate of drug-likeness (QED) is 0.181. The predicted molar refractivity (Wildman–Crippen MR) is 209 cm³/mol. The van der Waals surface area contributed by atoms with Crippen molar-refractivity contribution in [3.05, 3.63) is 103 Å². The van der Waals surface area contributed by atoms with Crippen molar-refractivity contribution in [1.82, 2.24) is 15.0 Å². The summed E-state index contributed by atoms with van der Waals surface area (Å²) in [5.74, 6) is 1.99. The molecule has 0 amide bonds. The van der Waals surface area contributed by atoms with Crippen molar-refractivity contribution >= 4 is 23.0 Å². The molecular weight excluding hydrogens is 615 g/mol. The lowest BCUT2D eigenvalue weighted by atomic mass is 9.83. The molecule has 0 unspecified atom stereocenters. The Kier molecular flexibility index (Phi) is 7.81. The molecule has 5 aromatic rings. The fourth-order valence-electron chi connectivity index (χ4n) is 7.34. The van der Waals surface area contributed by atoms with Gasteiger partial charge < -0.3 is 9.80 Å². The average molecular weight is 662 g/mol. The maximum Gasteiger partial charge on any atom is 0.102 e. The van der Waals surface area contributed by atoms with E-state index in [4.69, 9.17) is 24.9 Å². The first-order valence-corrected chi connectivity index (χ1v) is 17.4. The van der Waals surface area contributed by atoms with Gasteiger partial charge in [0.15, 0.2) is 0 Å². The van der Waals surface area contributed by atoms with E-state index in [-0.39, 0.29) is 22.2 Å². The summed E-state index contributed by atoms with van der Waals surface area (Å²) in [6, 6.07) is 31.8. The molecule has 0 fully saturated rings. The molecule has 50 heavy (non-hydrogen) atoms. The summed E-state index contributed by atoms with van der Waals surface area (Å²) in [6.45, 7) is 21.8. The molecule has 0 saturated carbocycles. The Bertz CT molecular complexity index is 2000. The van der Waals surface area contributed by atoms with Crippen LogP contribution < -0.4 is 9.80 Å². The molecule has 7 rings (SSSR count). The lowest BCUT2D eigenvalue weighted by Gasteiger charge is -2.41. The number of anilines is 2. The van der Waals surface area contributed by atoms with Crippen LogP contribution in [0.3, 0.4) is 0 Å². The lowest BCUT2D eigenvalue weighted by Crippen LogP contribution is -2.53. The third kappa shape index (κ3) is 5.49. The lowest BCUT2D eigenvalue weighted by molar-refractivity contribution is 0.338. The number of pyridine rings is 3. The van der Waals surface area contributed by atoms with Gasteiger partial charge in [0.2, 0.25) is 0 Å². The molecule has 0 N–H and O–H groups in total. The summed E-state index contributed by atoms with van der Waals surface area (Å²) < 4.78 is 0. The van der Waals surface area contributed by atoms with Gasteiger partial charge in [-0.2, -0.15) is 0 Å². The van der Waals surface area contributed by atoms with Gasteiger partial charge in [0.25, 0.3) is 0 Å². The van der Waals surface area contributed by atoms with Gasteiger partial charge in [-0.25, -0.2) is 4.98 Å². The van der Waals surface area contributed by atoms with Crippen LogP contribution in [0, 0.1) is 0 Å². The molecule has 5 heterocycles. The third-order valence-corrected chi connectivity index (χ3v) is 11.3. The molecule has 0 atom stereocenters. The first-order valence-electron chi connectivity index (χ1n) is 17.4. The molecule has 2 aliphatic heterocycles. The van der Waals surface area contributed by atoms with Crippen molar-refractivity contribution in [2.75, 3.05) is 9.80 Å². The minimum absolute atomic E-state index is 0.195. The summed E-state index contributed by atoms with van der Waals surface area (Å²) in [5, 5.41) is 0. The van der Waals surface area contributed by atoms with Gasteiger partial charge in [-0.3, -0.25) is 20.0 Å². The number of rotatable bonds is 6. The van der Waals surface area contributed by atoms with Crippen molar-refractivity contribution in [2.24, 2.45) is 9.98 Å².